The Hall–Kier alpha value is -2.85. The molecule has 194 valence electrons. The maximum Gasteiger partial charge on any atom is 0.303 e. The predicted octanol–water partition coefficient (Wildman–Crippen LogP) is 3.74. The fourth-order valence-electron chi connectivity index (χ4n) is 3.89. The summed E-state index contributed by atoms with van der Waals surface area (Å²) >= 11 is 1.43. The van der Waals surface area contributed by atoms with Crippen LogP contribution >= 0.6 is 11.8 Å². The van der Waals surface area contributed by atoms with Crippen molar-refractivity contribution in [1.82, 2.24) is 5.32 Å². The highest BCUT2D eigenvalue weighted by atomic mass is 32.2. The number of hydrogen-bond acceptors (Lipinski definition) is 8. The van der Waals surface area contributed by atoms with Gasteiger partial charge in [-0.1, -0.05) is 48.2 Å². The van der Waals surface area contributed by atoms with E-state index >= 15 is 0 Å². The number of nitrogens with one attached hydrogen (secondary N) is 1. The van der Waals surface area contributed by atoms with Gasteiger partial charge in [-0.25, -0.2) is 0 Å². The standard InChI is InChI=1S/C27H33NO7S/c1-5-15-33-26-24(28-18(2)29)27(36-22-13-11-21(31-4)12-14-22)35-23(25(26)34-19(3)30)17-32-16-20-9-7-6-8-10-20/h5-14,23-27H,1,15-17H2,2-4H3,(H,28,29)/t23?,24?,25-,26+,27-/m0/s1. The van der Waals surface area contributed by atoms with Crippen molar-refractivity contribution in [2.24, 2.45) is 0 Å². The molecule has 8 nitrogen and oxygen atoms in total. The first-order chi connectivity index (χ1) is 17.4. The fraction of sp³-hybridized carbons (Fsp3) is 0.407. The number of benzene rings is 2. The van der Waals surface area contributed by atoms with Crippen LogP contribution in [0.5, 0.6) is 5.75 Å². The Balaban J connectivity index is 1.87. The van der Waals surface area contributed by atoms with Crippen molar-refractivity contribution in [1.29, 1.82) is 0 Å². The Morgan fingerprint density at radius 3 is 2.42 bits per heavy atom. The van der Waals surface area contributed by atoms with E-state index in [0.29, 0.717) is 6.61 Å². The van der Waals surface area contributed by atoms with Crippen molar-refractivity contribution >= 4 is 23.6 Å². The maximum atomic E-state index is 12.2. The molecule has 1 fully saturated rings. The summed E-state index contributed by atoms with van der Waals surface area (Å²) in [5.41, 5.74) is 0.464. The molecule has 0 bridgehead atoms. The average Bonchev–Trinajstić information content (AvgIpc) is 2.86. The van der Waals surface area contributed by atoms with E-state index < -0.39 is 35.8 Å². The smallest absolute Gasteiger partial charge is 0.303 e. The first kappa shape index (κ1) is 27.7. The van der Waals surface area contributed by atoms with Crippen molar-refractivity contribution < 1.29 is 33.3 Å². The number of methoxy groups -OCH3 is 1. The van der Waals surface area contributed by atoms with Gasteiger partial charge in [-0.15, -0.1) is 6.58 Å². The quantitative estimate of drug-likeness (QED) is 0.338. The number of hydrogen-bond donors (Lipinski definition) is 1. The molecule has 1 saturated heterocycles. The molecule has 0 spiro atoms. The van der Waals surface area contributed by atoms with E-state index in [1.807, 2.05) is 54.6 Å². The van der Waals surface area contributed by atoms with Crippen LogP contribution in [0.2, 0.25) is 0 Å². The van der Waals surface area contributed by atoms with E-state index in [1.165, 1.54) is 25.6 Å². The molecule has 1 aliphatic rings. The van der Waals surface area contributed by atoms with Crippen LogP contribution in [0.4, 0.5) is 0 Å². The Kier molecular flexibility index (Phi) is 10.8. The van der Waals surface area contributed by atoms with E-state index in [1.54, 1.807) is 13.2 Å². The molecule has 1 aliphatic heterocycles. The minimum atomic E-state index is -0.803. The maximum absolute atomic E-state index is 12.2. The zero-order valence-corrected chi connectivity index (χ0v) is 21.6. The van der Waals surface area contributed by atoms with Gasteiger partial charge in [0.25, 0.3) is 0 Å². The lowest BCUT2D eigenvalue weighted by molar-refractivity contribution is -0.209. The summed E-state index contributed by atoms with van der Waals surface area (Å²) in [6.07, 6.45) is -0.515. The van der Waals surface area contributed by atoms with Gasteiger partial charge >= 0.3 is 5.97 Å². The molecule has 0 radical (unpaired) electrons. The topological polar surface area (TPSA) is 92.3 Å². The molecule has 0 saturated carbocycles. The monoisotopic (exact) mass is 515 g/mol. The highest BCUT2D eigenvalue weighted by molar-refractivity contribution is 7.99. The third-order valence-corrected chi connectivity index (χ3v) is 6.61. The molecule has 2 aromatic carbocycles. The number of ether oxygens (including phenoxy) is 5. The lowest BCUT2D eigenvalue weighted by Crippen LogP contribution is -2.65. The van der Waals surface area contributed by atoms with Crippen LogP contribution in [0.25, 0.3) is 0 Å². The van der Waals surface area contributed by atoms with Crippen LogP contribution in [0.3, 0.4) is 0 Å². The first-order valence-corrected chi connectivity index (χ1v) is 12.5. The minimum absolute atomic E-state index is 0.160. The number of carbonyl (C=O) groups excluding carboxylic acids is 2. The summed E-state index contributed by atoms with van der Waals surface area (Å²) in [4.78, 5) is 25.1. The normalized spacial score (nSPS) is 23.5. The zero-order valence-electron chi connectivity index (χ0n) is 20.8. The molecule has 0 aromatic heterocycles. The van der Waals surface area contributed by atoms with Gasteiger partial charge in [0.2, 0.25) is 5.91 Å². The molecule has 3 rings (SSSR count). The van der Waals surface area contributed by atoms with Gasteiger partial charge in [-0.3, -0.25) is 9.59 Å². The van der Waals surface area contributed by atoms with Crippen LogP contribution in [0.1, 0.15) is 19.4 Å². The zero-order chi connectivity index (χ0) is 25.9. The molecule has 2 aromatic rings. The Labute approximate surface area is 216 Å². The second-order valence-corrected chi connectivity index (χ2v) is 9.40. The predicted molar refractivity (Wildman–Crippen MR) is 137 cm³/mol. The molecule has 1 heterocycles. The van der Waals surface area contributed by atoms with E-state index in [9.17, 15) is 9.59 Å². The summed E-state index contributed by atoms with van der Waals surface area (Å²) in [7, 11) is 1.61. The van der Waals surface area contributed by atoms with E-state index in [2.05, 4.69) is 11.9 Å². The second kappa shape index (κ2) is 14.0. The van der Waals surface area contributed by atoms with Gasteiger partial charge in [0.05, 0.1) is 33.0 Å². The van der Waals surface area contributed by atoms with Gasteiger partial charge in [0, 0.05) is 18.7 Å². The van der Waals surface area contributed by atoms with Gasteiger partial charge in [0.1, 0.15) is 23.4 Å². The van der Waals surface area contributed by atoms with Crippen molar-refractivity contribution in [2.45, 2.75) is 55.1 Å². The fourth-order valence-corrected chi connectivity index (χ4v) is 5.02. The van der Waals surface area contributed by atoms with Crippen LogP contribution in [0, 0.1) is 0 Å². The largest absolute Gasteiger partial charge is 0.497 e. The molecular weight excluding hydrogens is 482 g/mol. The van der Waals surface area contributed by atoms with Gasteiger partial charge < -0.3 is 29.0 Å². The number of amides is 1. The summed E-state index contributed by atoms with van der Waals surface area (Å²) in [5.74, 6) is -0.000177. The molecule has 1 amide bonds. The summed E-state index contributed by atoms with van der Waals surface area (Å²) in [5, 5.41) is 2.94. The highest BCUT2D eigenvalue weighted by Gasteiger charge is 2.49. The SMILES string of the molecule is C=CCO[C@@H]1C(NC(C)=O)[C@H](Sc2ccc(OC)cc2)OC(COCc2ccccc2)[C@@H]1OC(C)=O. The summed E-state index contributed by atoms with van der Waals surface area (Å²) in [6, 6.07) is 16.7. The molecular formula is C27H33NO7S. The second-order valence-electron chi connectivity index (χ2n) is 8.22. The molecule has 5 atom stereocenters. The van der Waals surface area contributed by atoms with Gasteiger partial charge in [-0.05, 0) is 29.8 Å². The van der Waals surface area contributed by atoms with Gasteiger partial charge in [0.15, 0.2) is 6.10 Å². The number of esters is 1. The molecule has 9 heteroatoms. The van der Waals surface area contributed by atoms with Gasteiger partial charge in [-0.2, -0.15) is 0 Å². The van der Waals surface area contributed by atoms with Crippen molar-refractivity contribution in [2.75, 3.05) is 20.3 Å². The van der Waals surface area contributed by atoms with Crippen molar-refractivity contribution in [3.63, 3.8) is 0 Å². The summed E-state index contributed by atoms with van der Waals surface area (Å²) in [6.45, 7) is 7.22. The number of rotatable bonds is 12. The molecule has 1 N–H and O–H groups in total. The number of thioether (sulfide) groups is 1. The van der Waals surface area contributed by atoms with E-state index in [0.717, 1.165) is 16.2 Å². The van der Waals surface area contributed by atoms with E-state index in [-0.39, 0.29) is 19.1 Å². The number of carbonyl (C=O) groups is 2. The lowest BCUT2D eigenvalue weighted by atomic mass is 9.97. The third kappa shape index (κ3) is 8.09. The van der Waals surface area contributed by atoms with Crippen LogP contribution < -0.4 is 10.1 Å². The average molecular weight is 516 g/mol. The van der Waals surface area contributed by atoms with Crippen LogP contribution in [-0.4, -0.2) is 62.0 Å². The van der Waals surface area contributed by atoms with Crippen molar-refractivity contribution in [3.05, 3.63) is 72.8 Å². The molecule has 36 heavy (non-hydrogen) atoms. The lowest BCUT2D eigenvalue weighted by Gasteiger charge is -2.45. The minimum Gasteiger partial charge on any atom is -0.497 e. The van der Waals surface area contributed by atoms with Crippen molar-refractivity contribution in [3.8, 4) is 5.75 Å². The molecule has 0 aliphatic carbocycles. The Morgan fingerprint density at radius 1 is 1.08 bits per heavy atom. The van der Waals surface area contributed by atoms with Crippen LogP contribution in [-0.2, 0) is 35.1 Å². The van der Waals surface area contributed by atoms with E-state index in [4.69, 9.17) is 23.7 Å². The third-order valence-electron chi connectivity index (χ3n) is 5.43. The summed E-state index contributed by atoms with van der Waals surface area (Å²) < 4.78 is 29.4. The molecule has 2 unspecified atom stereocenters. The Bertz CT molecular complexity index is 985. The first-order valence-electron chi connectivity index (χ1n) is 11.7. The Morgan fingerprint density at radius 2 is 1.81 bits per heavy atom. The highest BCUT2D eigenvalue weighted by Crippen LogP contribution is 2.36. The van der Waals surface area contributed by atoms with Crippen LogP contribution in [0.15, 0.2) is 72.1 Å².